The number of aryl methyl sites for hydroxylation is 1. The van der Waals surface area contributed by atoms with Gasteiger partial charge in [0.1, 0.15) is 17.9 Å². The minimum absolute atomic E-state index is 0.00795. The number of rotatable bonds is 6. The molecule has 1 amide bonds. The van der Waals surface area contributed by atoms with Gasteiger partial charge < -0.3 is 14.7 Å². The van der Waals surface area contributed by atoms with Crippen LogP contribution in [-0.2, 0) is 11.3 Å². The molecule has 0 radical (unpaired) electrons. The van der Waals surface area contributed by atoms with Gasteiger partial charge in [0.15, 0.2) is 0 Å². The van der Waals surface area contributed by atoms with Crippen LogP contribution in [0.1, 0.15) is 36.8 Å². The summed E-state index contributed by atoms with van der Waals surface area (Å²) in [6.07, 6.45) is 3.87. The van der Waals surface area contributed by atoms with Crippen molar-refractivity contribution in [3.63, 3.8) is 0 Å². The predicted molar refractivity (Wildman–Crippen MR) is 114 cm³/mol. The first-order chi connectivity index (χ1) is 14.1. The van der Waals surface area contributed by atoms with E-state index in [0.29, 0.717) is 6.54 Å². The average molecular weight is 395 g/mol. The van der Waals surface area contributed by atoms with Crippen molar-refractivity contribution in [1.29, 1.82) is 0 Å². The number of carbonyl (C=O) groups excluding carboxylic acids is 1. The monoisotopic (exact) mass is 394 g/mol. The number of hydrogen-bond acceptors (Lipinski definition) is 4. The van der Waals surface area contributed by atoms with E-state index >= 15 is 0 Å². The molecule has 2 aliphatic heterocycles. The molecule has 1 spiro atoms. The van der Waals surface area contributed by atoms with E-state index in [1.54, 1.807) is 0 Å². The molecule has 1 N–H and O–H groups in total. The Labute approximate surface area is 172 Å². The van der Waals surface area contributed by atoms with Gasteiger partial charge in [-0.1, -0.05) is 35.9 Å². The zero-order valence-corrected chi connectivity index (χ0v) is 17.1. The number of nitrogens with zero attached hydrogens (tertiary/aromatic N) is 2. The minimum Gasteiger partial charge on any atom is -0.491 e. The van der Waals surface area contributed by atoms with Crippen LogP contribution in [0.25, 0.3) is 0 Å². The summed E-state index contributed by atoms with van der Waals surface area (Å²) in [6, 6.07) is 16.2. The molecule has 2 fully saturated rings. The van der Waals surface area contributed by atoms with Crippen molar-refractivity contribution in [3.05, 3.63) is 59.7 Å². The molecule has 29 heavy (non-hydrogen) atoms. The molecule has 0 saturated carbocycles. The van der Waals surface area contributed by atoms with Crippen LogP contribution in [0.15, 0.2) is 48.5 Å². The molecule has 2 heterocycles. The Balaban J connectivity index is 1.58. The van der Waals surface area contributed by atoms with Gasteiger partial charge >= 0.3 is 0 Å². The first kappa shape index (κ1) is 19.9. The third kappa shape index (κ3) is 3.89. The first-order valence-corrected chi connectivity index (χ1v) is 10.6. The van der Waals surface area contributed by atoms with E-state index in [-0.39, 0.29) is 19.1 Å². The van der Waals surface area contributed by atoms with E-state index in [2.05, 4.69) is 42.2 Å². The van der Waals surface area contributed by atoms with Gasteiger partial charge in [-0.15, -0.1) is 0 Å². The lowest BCUT2D eigenvalue weighted by molar-refractivity contribution is -0.131. The summed E-state index contributed by atoms with van der Waals surface area (Å²) in [6.45, 7) is 4.73. The second-order valence-corrected chi connectivity index (χ2v) is 8.13. The molecule has 4 rings (SSSR count). The lowest BCUT2D eigenvalue weighted by Crippen LogP contribution is -2.59. The zero-order valence-electron chi connectivity index (χ0n) is 17.1. The van der Waals surface area contributed by atoms with Gasteiger partial charge in [-0.2, -0.15) is 0 Å². The fourth-order valence-corrected chi connectivity index (χ4v) is 4.79. The second-order valence-electron chi connectivity index (χ2n) is 8.13. The van der Waals surface area contributed by atoms with Crippen LogP contribution < -0.4 is 9.64 Å². The van der Waals surface area contributed by atoms with E-state index < -0.39 is 5.54 Å². The smallest absolute Gasteiger partial charge is 0.247 e. The van der Waals surface area contributed by atoms with Crippen molar-refractivity contribution < 1.29 is 14.6 Å². The first-order valence-electron chi connectivity index (χ1n) is 10.6. The minimum atomic E-state index is -0.423. The Morgan fingerprint density at radius 2 is 1.76 bits per heavy atom. The summed E-state index contributed by atoms with van der Waals surface area (Å²) in [4.78, 5) is 18.1. The van der Waals surface area contributed by atoms with Crippen molar-refractivity contribution in [3.8, 4) is 5.75 Å². The molecule has 1 unspecified atom stereocenters. The van der Waals surface area contributed by atoms with Crippen molar-refractivity contribution >= 4 is 11.6 Å². The van der Waals surface area contributed by atoms with E-state index in [1.165, 1.54) is 5.56 Å². The average Bonchev–Trinajstić information content (AvgIpc) is 3.13. The van der Waals surface area contributed by atoms with E-state index in [4.69, 9.17) is 9.84 Å². The number of para-hydroxylation sites is 1. The molecule has 5 heteroatoms. The highest BCUT2D eigenvalue weighted by Gasteiger charge is 2.51. The summed E-state index contributed by atoms with van der Waals surface area (Å²) in [5, 5.41) is 9.11. The summed E-state index contributed by atoms with van der Waals surface area (Å²) in [5.74, 6) is 1.03. The standard InChI is InChI=1S/C24H30N2O3/c1-19-8-10-21(11-9-19)26-15-5-13-24(23(26)28)12-4-14-25(24)18-20-6-2-3-7-22(20)29-17-16-27/h2-3,6-11,27H,4-5,12-18H2,1H3. The Morgan fingerprint density at radius 1 is 1.03 bits per heavy atom. The van der Waals surface area contributed by atoms with Crippen molar-refractivity contribution in [2.75, 3.05) is 31.2 Å². The topological polar surface area (TPSA) is 53.0 Å². The van der Waals surface area contributed by atoms with Crippen LogP contribution in [0.4, 0.5) is 5.69 Å². The summed E-state index contributed by atoms with van der Waals surface area (Å²) in [5.41, 5.74) is 2.85. The number of piperidine rings is 1. The Bertz CT molecular complexity index is 851. The number of amides is 1. The van der Waals surface area contributed by atoms with Crippen LogP contribution >= 0.6 is 0 Å². The van der Waals surface area contributed by atoms with Gasteiger partial charge in [0.25, 0.3) is 0 Å². The molecule has 1 atom stereocenters. The SMILES string of the molecule is Cc1ccc(N2CCCC3(CCCN3Cc3ccccc3OCCO)C2=O)cc1. The maximum atomic E-state index is 13.7. The number of anilines is 1. The van der Waals surface area contributed by atoms with Crippen molar-refractivity contribution in [2.24, 2.45) is 0 Å². The maximum Gasteiger partial charge on any atom is 0.247 e. The van der Waals surface area contributed by atoms with Crippen LogP contribution in [-0.4, -0.2) is 47.8 Å². The number of aliphatic hydroxyl groups excluding tert-OH is 1. The van der Waals surface area contributed by atoms with Crippen molar-refractivity contribution in [1.82, 2.24) is 4.90 Å². The van der Waals surface area contributed by atoms with Crippen LogP contribution in [0.2, 0.25) is 0 Å². The third-order valence-corrected chi connectivity index (χ3v) is 6.27. The van der Waals surface area contributed by atoms with Crippen LogP contribution in [0.5, 0.6) is 5.75 Å². The highest BCUT2D eigenvalue weighted by atomic mass is 16.5. The Morgan fingerprint density at radius 3 is 2.52 bits per heavy atom. The molecule has 0 aliphatic carbocycles. The zero-order chi connectivity index (χ0) is 20.3. The van der Waals surface area contributed by atoms with Gasteiger partial charge in [-0.05, 0) is 57.4 Å². The molecule has 2 aromatic rings. The molecule has 154 valence electrons. The highest BCUT2D eigenvalue weighted by molar-refractivity contribution is 6.01. The Kier molecular flexibility index (Phi) is 5.88. The fraction of sp³-hybridized carbons (Fsp3) is 0.458. The normalized spacial score (nSPS) is 22.4. The quantitative estimate of drug-likeness (QED) is 0.814. The Hall–Kier alpha value is -2.37. The molecule has 0 aromatic heterocycles. The summed E-state index contributed by atoms with van der Waals surface area (Å²) in [7, 11) is 0. The number of hydrogen-bond donors (Lipinski definition) is 1. The number of benzene rings is 2. The van der Waals surface area contributed by atoms with E-state index in [1.807, 2.05) is 23.1 Å². The van der Waals surface area contributed by atoms with E-state index in [9.17, 15) is 4.79 Å². The summed E-state index contributed by atoms with van der Waals surface area (Å²) >= 11 is 0. The fourth-order valence-electron chi connectivity index (χ4n) is 4.79. The van der Waals surface area contributed by atoms with E-state index in [0.717, 1.165) is 55.8 Å². The van der Waals surface area contributed by atoms with Crippen LogP contribution in [0, 0.1) is 6.92 Å². The van der Waals surface area contributed by atoms with Crippen molar-refractivity contribution in [2.45, 2.75) is 44.7 Å². The predicted octanol–water partition coefficient (Wildman–Crippen LogP) is 3.53. The van der Waals surface area contributed by atoms with Gasteiger partial charge in [-0.3, -0.25) is 9.69 Å². The molecular weight excluding hydrogens is 364 g/mol. The number of ether oxygens (including phenoxy) is 1. The maximum absolute atomic E-state index is 13.7. The van der Waals surface area contributed by atoms with Gasteiger partial charge in [0.2, 0.25) is 5.91 Å². The molecule has 2 aliphatic rings. The second kappa shape index (κ2) is 8.56. The van der Waals surface area contributed by atoms with Gasteiger partial charge in [-0.25, -0.2) is 0 Å². The molecule has 2 saturated heterocycles. The summed E-state index contributed by atoms with van der Waals surface area (Å²) < 4.78 is 5.73. The highest BCUT2D eigenvalue weighted by Crippen LogP contribution is 2.41. The third-order valence-electron chi connectivity index (χ3n) is 6.27. The van der Waals surface area contributed by atoms with Gasteiger partial charge in [0.05, 0.1) is 6.61 Å². The molecule has 2 aromatic carbocycles. The number of likely N-dealkylation sites (tertiary alicyclic amines) is 1. The van der Waals surface area contributed by atoms with Crippen LogP contribution in [0.3, 0.4) is 0 Å². The number of carbonyl (C=O) groups is 1. The molecule has 5 nitrogen and oxygen atoms in total. The van der Waals surface area contributed by atoms with Gasteiger partial charge in [0, 0.05) is 24.3 Å². The number of aliphatic hydroxyl groups is 1. The molecule has 0 bridgehead atoms. The lowest BCUT2D eigenvalue weighted by Gasteiger charge is -2.44. The largest absolute Gasteiger partial charge is 0.491 e. The molecular formula is C24H30N2O3. The lowest BCUT2D eigenvalue weighted by atomic mass is 9.84.